The molecule has 1 aliphatic carbocycles. The molecule has 11 heteroatoms. The van der Waals surface area contributed by atoms with Crippen molar-refractivity contribution in [2.24, 2.45) is 0 Å². The van der Waals surface area contributed by atoms with E-state index < -0.39 is 11.7 Å². The summed E-state index contributed by atoms with van der Waals surface area (Å²) in [5.74, 6) is 8.16. The summed E-state index contributed by atoms with van der Waals surface area (Å²) in [5, 5.41) is 9.29. The zero-order valence-corrected chi connectivity index (χ0v) is 24.1. The van der Waals surface area contributed by atoms with Crippen LogP contribution in [0, 0.1) is 11.8 Å². The molecule has 0 saturated heterocycles. The predicted molar refractivity (Wildman–Crippen MR) is 152 cm³/mol. The van der Waals surface area contributed by atoms with E-state index in [-0.39, 0.29) is 12.5 Å². The maximum Gasteiger partial charge on any atom is 0.410 e. The molecule has 11 nitrogen and oxygen atoms in total. The third-order valence-electron chi connectivity index (χ3n) is 4.99. The van der Waals surface area contributed by atoms with Gasteiger partial charge in [-0.2, -0.15) is 9.97 Å². The van der Waals surface area contributed by atoms with Gasteiger partial charge in [0.05, 0.1) is 18.9 Å². The van der Waals surface area contributed by atoms with Gasteiger partial charge in [0.15, 0.2) is 0 Å². The monoisotopic (exact) mass is 539 g/mol. The highest BCUT2D eigenvalue weighted by molar-refractivity contribution is 5.82. The third kappa shape index (κ3) is 11.9. The van der Waals surface area contributed by atoms with Crippen LogP contribution >= 0.6 is 0 Å². The van der Waals surface area contributed by atoms with Crippen molar-refractivity contribution in [1.82, 2.24) is 25.2 Å². The van der Waals surface area contributed by atoms with Gasteiger partial charge in [-0.15, -0.1) is 0 Å². The first-order valence-corrected chi connectivity index (χ1v) is 13.2. The minimum Gasteiger partial charge on any atom is -0.481 e. The summed E-state index contributed by atoms with van der Waals surface area (Å²) in [4.78, 5) is 38.6. The summed E-state index contributed by atoms with van der Waals surface area (Å²) >= 11 is 0. The Labute approximate surface area is 231 Å². The highest BCUT2D eigenvalue weighted by Crippen LogP contribution is 2.26. The Morgan fingerprint density at radius 1 is 1.18 bits per heavy atom. The molecule has 0 bridgehead atoms. The molecule has 212 valence electrons. The first-order valence-electron chi connectivity index (χ1n) is 13.2. The van der Waals surface area contributed by atoms with Crippen molar-refractivity contribution >= 4 is 29.6 Å². The highest BCUT2D eigenvalue weighted by atomic mass is 16.6. The van der Waals surface area contributed by atoms with Crippen LogP contribution in [0.15, 0.2) is 24.4 Å². The predicted octanol–water partition coefficient (Wildman–Crippen LogP) is 4.34. The average Bonchev–Trinajstić information content (AvgIpc) is 3.71. The lowest BCUT2D eigenvalue weighted by Gasteiger charge is -2.24. The molecule has 1 saturated carbocycles. The molecule has 3 N–H and O–H groups in total. The van der Waals surface area contributed by atoms with Gasteiger partial charge < -0.3 is 30.3 Å². The lowest BCUT2D eigenvalue weighted by atomic mass is 10.2. The van der Waals surface area contributed by atoms with E-state index in [1.807, 2.05) is 26.0 Å². The Morgan fingerprint density at radius 3 is 2.59 bits per heavy atom. The van der Waals surface area contributed by atoms with Crippen LogP contribution in [0.3, 0.4) is 0 Å². The Hall–Kier alpha value is -4.07. The van der Waals surface area contributed by atoms with Crippen LogP contribution in [0.25, 0.3) is 0 Å². The highest BCUT2D eigenvalue weighted by Gasteiger charge is 2.23. The number of carbonyl (C=O) groups is 2. The molecule has 0 unspecified atom stereocenters. The van der Waals surface area contributed by atoms with Crippen molar-refractivity contribution < 1.29 is 19.1 Å². The van der Waals surface area contributed by atoms with Crippen molar-refractivity contribution in [3.63, 3.8) is 0 Å². The maximum atomic E-state index is 12.1. The Kier molecular flexibility index (Phi) is 12.3. The molecule has 0 atom stereocenters. The molecule has 0 aliphatic heterocycles. The minimum absolute atomic E-state index is 0.0696. The lowest BCUT2D eigenvalue weighted by molar-refractivity contribution is -0.122. The maximum absolute atomic E-state index is 12.1. The van der Waals surface area contributed by atoms with E-state index in [0.29, 0.717) is 54.5 Å². The smallest absolute Gasteiger partial charge is 0.410 e. The minimum atomic E-state index is -0.607. The molecule has 2 amide bonds. The van der Waals surface area contributed by atoms with Gasteiger partial charge in [0.25, 0.3) is 0 Å². The van der Waals surface area contributed by atoms with Gasteiger partial charge in [0.1, 0.15) is 23.8 Å². The molecule has 1 fully saturated rings. The second-order valence-electron chi connectivity index (χ2n) is 9.66. The second kappa shape index (κ2) is 15.4. The van der Waals surface area contributed by atoms with E-state index in [0.717, 1.165) is 12.8 Å². The fourth-order valence-corrected chi connectivity index (χ4v) is 3.02. The number of methoxy groups -OCH3 is 1. The van der Waals surface area contributed by atoms with Crippen LogP contribution in [-0.4, -0.2) is 70.7 Å². The van der Waals surface area contributed by atoms with Crippen LogP contribution in [-0.2, 0) is 9.53 Å². The summed E-state index contributed by atoms with van der Waals surface area (Å²) in [6.45, 7) is 9.72. The molecule has 2 heterocycles. The van der Waals surface area contributed by atoms with E-state index in [1.54, 1.807) is 40.1 Å². The van der Waals surface area contributed by atoms with Crippen LogP contribution in [0.4, 0.5) is 22.4 Å². The van der Waals surface area contributed by atoms with Crippen LogP contribution in [0.5, 0.6) is 5.88 Å². The summed E-state index contributed by atoms with van der Waals surface area (Å²) < 4.78 is 10.4. The number of unbranched alkanes of at least 4 members (excludes halogenated alkanes) is 1. The summed E-state index contributed by atoms with van der Waals surface area (Å²) in [7, 11) is 3.09. The van der Waals surface area contributed by atoms with Crippen molar-refractivity contribution in [3.05, 3.63) is 30.0 Å². The standard InChI is InChI=1S/C26H35N7O4.C2H6/c1-26(2,3)37-25(35)33(4)17-21(34)27-15-8-6-7-10-18-16-28-24(32-23(18)29-19-13-14-19)31-20-11-9-12-22(30-20)36-5;1-2/h9,11-12,16,19H,6,8,13-15,17H2,1-5H3,(H,27,34)(H2,28,29,30,31,32);1-2H3. The second-order valence-corrected chi connectivity index (χ2v) is 9.66. The number of pyridine rings is 1. The number of hydrogen-bond donors (Lipinski definition) is 3. The van der Waals surface area contributed by atoms with Crippen molar-refractivity contribution in [2.75, 3.05) is 37.9 Å². The number of ether oxygens (including phenoxy) is 2. The van der Waals surface area contributed by atoms with Gasteiger partial charge in [0, 0.05) is 32.1 Å². The fourth-order valence-electron chi connectivity index (χ4n) is 3.02. The molecule has 0 aromatic carbocycles. The molecule has 3 rings (SSSR count). The number of carbonyl (C=O) groups excluding carboxylic acids is 2. The zero-order valence-electron chi connectivity index (χ0n) is 24.1. The number of anilines is 3. The number of nitrogens with one attached hydrogen (secondary N) is 3. The molecular weight excluding hydrogens is 498 g/mol. The van der Waals surface area contributed by atoms with Crippen LogP contribution < -0.4 is 20.7 Å². The van der Waals surface area contributed by atoms with E-state index in [2.05, 4.69) is 42.7 Å². The van der Waals surface area contributed by atoms with Crippen molar-refractivity contribution in [2.45, 2.75) is 71.9 Å². The van der Waals surface area contributed by atoms with Gasteiger partial charge in [-0.3, -0.25) is 4.79 Å². The number of likely N-dealkylation sites (N-methyl/N-ethyl adjacent to an activating group) is 1. The number of hydrogen-bond acceptors (Lipinski definition) is 9. The summed E-state index contributed by atoms with van der Waals surface area (Å²) in [6.07, 6.45) is 4.59. The normalized spacial score (nSPS) is 12.1. The summed E-state index contributed by atoms with van der Waals surface area (Å²) in [5.41, 5.74) is 0.1000. The fraction of sp³-hybridized carbons (Fsp3) is 0.536. The van der Waals surface area contributed by atoms with Crippen LogP contribution in [0.1, 0.15) is 65.9 Å². The zero-order chi connectivity index (χ0) is 28.8. The van der Waals surface area contributed by atoms with E-state index in [9.17, 15) is 9.59 Å². The largest absolute Gasteiger partial charge is 0.481 e. The van der Waals surface area contributed by atoms with E-state index >= 15 is 0 Å². The van der Waals surface area contributed by atoms with Gasteiger partial charge in [-0.1, -0.05) is 31.8 Å². The Morgan fingerprint density at radius 2 is 1.92 bits per heavy atom. The first-order chi connectivity index (χ1) is 18.6. The van der Waals surface area contributed by atoms with E-state index in [1.165, 1.54) is 11.9 Å². The molecule has 2 aromatic rings. The lowest BCUT2D eigenvalue weighted by Crippen LogP contribution is -2.41. The Balaban J connectivity index is 0.00000260. The van der Waals surface area contributed by atoms with Crippen molar-refractivity contribution in [1.29, 1.82) is 0 Å². The van der Waals surface area contributed by atoms with Gasteiger partial charge in [-0.25, -0.2) is 9.78 Å². The first kappa shape index (κ1) is 31.1. The SMILES string of the molecule is CC.COc1cccc(Nc2ncc(C#CCCCNC(=O)CN(C)C(=O)OC(C)(C)C)c(NC3CC3)n2)n1. The van der Waals surface area contributed by atoms with Gasteiger partial charge in [-0.05, 0) is 46.1 Å². The molecule has 39 heavy (non-hydrogen) atoms. The Bertz CT molecular complexity index is 1150. The third-order valence-corrected chi connectivity index (χ3v) is 4.99. The van der Waals surface area contributed by atoms with Gasteiger partial charge >= 0.3 is 6.09 Å². The topological polar surface area (TPSA) is 131 Å². The quantitative estimate of drug-likeness (QED) is 0.298. The molecule has 0 radical (unpaired) electrons. The molecular formula is C28H41N7O4. The van der Waals surface area contributed by atoms with Gasteiger partial charge in [0.2, 0.25) is 17.7 Å². The number of aromatic nitrogens is 3. The molecule has 2 aromatic heterocycles. The molecule has 0 spiro atoms. The van der Waals surface area contributed by atoms with Crippen LogP contribution in [0.2, 0.25) is 0 Å². The molecule has 1 aliphatic rings. The number of nitrogens with zero attached hydrogens (tertiary/aromatic N) is 4. The summed E-state index contributed by atoms with van der Waals surface area (Å²) in [6, 6.07) is 5.80. The number of rotatable bonds is 10. The number of amides is 2. The van der Waals surface area contributed by atoms with Crippen molar-refractivity contribution in [3.8, 4) is 17.7 Å². The van der Waals surface area contributed by atoms with E-state index in [4.69, 9.17) is 9.47 Å². The average molecular weight is 540 g/mol.